The molecule has 0 fully saturated rings. The van der Waals surface area contributed by atoms with E-state index < -0.39 is 24.8 Å². The second-order valence-electron chi connectivity index (χ2n) is 4.63. The van der Waals surface area contributed by atoms with Gasteiger partial charge in [0.1, 0.15) is 18.8 Å². The number of hydrogen-bond acceptors (Lipinski definition) is 5. The van der Waals surface area contributed by atoms with Crippen molar-refractivity contribution in [2.45, 2.75) is 18.2 Å². The minimum Gasteiger partial charge on any atom is -0.332 e. The standard InChI is InChI=1S/C12H11F6N5O.ClH/c1-19-9-2-8(7-3-20-6-21-4-7)22-12(23-9,11(16,17)18)24-5-10(13,14)15;/h2-4,6,22H,5H2,1H3,(H,19,23);1H. The zero-order valence-electron chi connectivity index (χ0n) is 12.4. The maximum absolute atomic E-state index is 13.4. The quantitative estimate of drug-likeness (QED) is 0.773. The summed E-state index contributed by atoms with van der Waals surface area (Å²) in [6, 6.07) is 0. The van der Waals surface area contributed by atoms with Gasteiger partial charge in [0.2, 0.25) is 0 Å². The van der Waals surface area contributed by atoms with E-state index in [1.165, 1.54) is 25.5 Å². The van der Waals surface area contributed by atoms with Crippen molar-refractivity contribution in [3.8, 4) is 0 Å². The molecule has 1 atom stereocenters. The van der Waals surface area contributed by atoms with Crippen molar-refractivity contribution in [3.05, 3.63) is 30.4 Å². The molecule has 0 bridgehead atoms. The number of nitrogens with zero attached hydrogens (tertiary/aromatic N) is 3. The summed E-state index contributed by atoms with van der Waals surface area (Å²) >= 11 is 0. The monoisotopic (exact) mass is 391 g/mol. The van der Waals surface area contributed by atoms with Gasteiger partial charge in [-0.15, -0.1) is 12.4 Å². The van der Waals surface area contributed by atoms with Gasteiger partial charge in [0, 0.05) is 31.1 Å². The first kappa shape index (κ1) is 21.0. The predicted molar refractivity (Wildman–Crippen MR) is 77.7 cm³/mol. The molecule has 1 aromatic heterocycles. The van der Waals surface area contributed by atoms with Gasteiger partial charge < -0.3 is 15.4 Å². The van der Waals surface area contributed by atoms with Gasteiger partial charge in [-0.1, -0.05) is 0 Å². The maximum atomic E-state index is 13.4. The molecule has 0 saturated carbocycles. The molecule has 6 nitrogen and oxygen atoms in total. The molecule has 1 aliphatic heterocycles. The Morgan fingerprint density at radius 2 is 1.72 bits per heavy atom. The normalized spacial score (nSPS) is 22.5. The molecule has 0 radical (unpaired) electrons. The summed E-state index contributed by atoms with van der Waals surface area (Å²) in [4.78, 5) is 10.9. The molecule has 140 valence electrons. The molecule has 0 saturated heterocycles. The Kier molecular flexibility index (Phi) is 6.23. The third-order valence-corrected chi connectivity index (χ3v) is 2.86. The Morgan fingerprint density at radius 3 is 2.20 bits per heavy atom. The molecular formula is C12H12ClF6N5O. The van der Waals surface area contributed by atoms with Crippen LogP contribution in [-0.2, 0) is 4.74 Å². The number of aromatic nitrogens is 2. The first-order valence-corrected chi connectivity index (χ1v) is 6.34. The van der Waals surface area contributed by atoms with E-state index in [1.54, 1.807) is 5.32 Å². The number of nitrogens with one attached hydrogen (secondary N) is 2. The van der Waals surface area contributed by atoms with E-state index in [-0.39, 0.29) is 29.5 Å². The molecule has 2 rings (SSSR count). The third-order valence-electron chi connectivity index (χ3n) is 2.86. The number of halogens is 7. The fourth-order valence-electron chi connectivity index (χ4n) is 1.81. The SMILES string of the molecule is CN=C1C=C(c2cncnc2)NC(OCC(F)(F)F)(C(F)(F)F)N1.Cl. The van der Waals surface area contributed by atoms with Crippen LogP contribution in [-0.4, -0.2) is 47.7 Å². The van der Waals surface area contributed by atoms with E-state index in [0.29, 0.717) is 0 Å². The summed E-state index contributed by atoms with van der Waals surface area (Å²) < 4.78 is 81.5. The molecular weight excluding hydrogens is 380 g/mol. The molecule has 25 heavy (non-hydrogen) atoms. The van der Waals surface area contributed by atoms with Crippen molar-refractivity contribution in [1.82, 2.24) is 20.6 Å². The second kappa shape index (κ2) is 7.44. The van der Waals surface area contributed by atoms with E-state index >= 15 is 0 Å². The van der Waals surface area contributed by atoms with Gasteiger partial charge in [-0.05, 0) is 0 Å². The highest BCUT2D eigenvalue weighted by atomic mass is 35.5. The Bertz CT molecular complexity index is 648. The smallest absolute Gasteiger partial charge is 0.332 e. The summed E-state index contributed by atoms with van der Waals surface area (Å²) in [7, 11) is 1.17. The average molecular weight is 392 g/mol. The van der Waals surface area contributed by atoms with Gasteiger partial charge in [-0.2, -0.15) is 26.3 Å². The van der Waals surface area contributed by atoms with Crippen LogP contribution in [0.3, 0.4) is 0 Å². The Morgan fingerprint density at radius 1 is 1.12 bits per heavy atom. The molecule has 1 aromatic rings. The van der Waals surface area contributed by atoms with E-state index in [1.807, 2.05) is 5.32 Å². The van der Waals surface area contributed by atoms with Crippen LogP contribution in [0.2, 0.25) is 0 Å². The first-order valence-electron chi connectivity index (χ1n) is 6.34. The molecule has 0 aliphatic carbocycles. The van der Waals surface area contributed by atoms with Crippen LogP contribution >= 0.6 is 12.4 Å². The number of ether oxygens (including phenoxy) is 1. The topological polar surface area (TPSA) is 71.4 Å². The molecule has 0 aromatic carbocycles. The van der Waals surface area contributed by atoms with Crippen LogP contribution in [0, 0.1) is 0 Å². The number of aliphatic imine (C=N–C) groups is 1. The largest absolute Gasteiger partial charge is 0.458 e. The molecule has 2 heterocycles. The first-order chi connectivity index (χ1) is 11.1. The van der Waals surface area contributed by atoms with Crippen molar-refractivity contribution in [2.75, 3.05) is 13.7 Å². The predicted octanol–water partition coefficient (Wildman–Crippen LogP) is 2.26. The lowest BCUT2D eigenvalue weighted by atomic mass is 10.1. The van der Waals surface area contributed by atoms with Gasteiger partial charge in [-0.3, -0.25) is 4.99 Å². The summed E-state index contributed by atoms with van der Waals surface area (Å²) in [5.74, 6) is -3.83. The van der Waals surface area contributed by atoms with Crippen molar-refractivity contribution < 1.29 is 31.1 Å². The summed E-state index contributed by atoms with van der Waals surface area (Å²) in [6.45, 7) is -2.12. The highest BCUT2D eigenvalue weighted by Crippen LogP contribution is 2.35. The van der Waals surface area contributed by atoms with Gasteiger partial charge in [0.25, 0.3) is 0 Å². The Hall–Kier alpha value is -2.08. The highest BCUT2D eigenvalue weighted by Gasteiger charge is 2.60. The minimum absolute atomic E-state index is 0. The minimum atomic E-state index is -5.23. The fourth-order valence-corrected chi connectivity index (χ4v) is 1.81. The molecule has 0 spiro atoms. The van der Waals surface area contributed by atoms with E-state index in [0.717, 1.165) is 6.33 Å². The Labute approximate surface area is 143 Å². The lowest BCUT2D eigenvalue weighted by Gasteiger charge is -2.41. The van der Waals surface area contributed by atoms with E-state index in [9.17, 15) is 26.3 Å². The summed E-state index contributed by atoms with van der Waals surface area (Å²) in [5.41, 5.74) is -0.0844. The fraction of sp³-hybridized carbons (Fsp3) is 0.417. The molecule has 13 heteroatoms. The van der Waals surface area contributed by atoms with Gasteiger partial charge in [0.15, 0.2) is 0 Å². The van der Waals surface area contributed by atoms with Crippen LogP contribution in [0.25, 0.3) is 5.70 Å². The van der Waals surface area contributed by atoms with Crippen molar-refractivity contribution in [2.24, 2.45) is 4.99 Å². The van der Waals surface area contributed by atoms with Gasteiger partial charge in [-0.25, -0.2) is 9.97 Å². The summed E-state index contributed by atoms with van der Waals surface area (Å²) in [5, 5.41) is 3.71. The molecule has 1 aliphatic rings. The number of alkyl halides is 6. The van der Waals surface area contributed by atoms with Crippen LogP contribution in [0.15, 0.2) is 29.8 Å². The lowest BCUT2D eigenvalue weighted by molar-refractivity contribution is -0.316. The molecule has 1 unspecified atom stereocenters. The van der Waals surface area contributed by atoms with E-state index in [4.69, 9.17) is 0 Å². The van der Waals surface area contributed by atoms with Crippen molar-refractivity contribution in [1.29, 1.82) is 0 Å². The van der Waals surface area contributed by atoms with Gasteiger partial charge >= 0.3 is 18.2 Å². The average Bonchev–Trinajstić information content (AvgIpc) is 2.51. The number of rotatable bonds is 3. The molecule has 0 amide bonds. The van der Waals surface area contributed by atoms with Crippen LogP contribution in [0.4, 0.5) is 26.3 Å². The third kappa shape index (κ3) is 4.95. The number of hydrogen-bond donors (Lipinski definition) is 2. The zero-order valence-corrected chi connectivity index (χ0v) is 13.3. The zero-order chi connectivity index (χ0) is 18.0. The van der Waals surface area contributed by atoms with Crippen LogP contribution in [0.1, 0.15) is 5.56 Å². The van der Waals surface area contributed by atoms with Crippen molar-refractivity contribution >= 4 is 23.9 Å². The van der Waals surface area contributed by atoms with Gasteiger partial charge in [0.05, 0.1) is 5.70 Å². The van der Waals surface area contributed by atoms with Crippen LogP contribution in [0.5, 0.6) is 0 Å². The summed E-state index contributed by atoms with van der Waals surface area (Å²) in [6.07, 6.45) is -5.49. The molecule has 2 N–H and O–H groups in total. The lowest BCUT2D eigenvalue weighted by Crippen LogP contribution is -2.70. The second-order valence-corrected chi connectivity index (χ2v) is 4.63. The Balaban J connectivity index is 0.00000312. The number of amidine groups is 1. The highest BCUT2D eigenvalue weighted by molar-refractivity contribution is 6.00. The van der Waals surface area contributed by atoms with Crippen molar-refractivity contribution in [3.63, 3.8) is 0 Å². The maximum Gasteiger partial charge on any atom is 0.458 e. The van der Waals surface area contributed by atoms with E-state index in [2.05, 4.69) is 19.7 Å². The van der Waals surface area contributed by atoms with Crippen LogP contribution < -0.4 is 10.6 Å².